The molecule has 0 saturated carbocycles. The molecule has 0 bridgehead atoms. The van der Waals surface area contributed by atoms with Crippen molar-refractivity contribution in [3.05, 3.63) is 35.4 Å². The first-order valence-corrected chi connectivity index (χ1v) is 9.35. The van der Waals surface area contributed by atoms with E-state index in [1.165, 1.54) is 0 Å². The molecule has 5 heteroatoms. The third-order valence-corrected chi connectivity index (χ3v) is 5.29. The maximum absolute atomic E-state index is 12.5. The lowest BCUT2D eigenvalue weighted by atomic mass is 10.1. The Morgan fingerprint density at radius 2 is 1.76 bits per heavy atom. The van der Waals surface area contributed by atoms with Crippen molar-refractivity contribution in [2.45, 2.75) is 45.1 Å². The van der Waals surface area contributed by atoms with Crippen molar-refractivity contribution in [2.24, 2.45) is 0 Å². The van der Waals surface area contributed by atoms with Crippen molar-refractivity contribution in [3.63, 3.8) is 0 Å². The number of benzene rings is 1. The first-order valence-electron chi connectivity index (χ1n) is 9.35. The van der Waals surface area contributed by atoms with Gasteiger partial charge in [0.05, 0.1) is 12.5 Å². The number of amides is 2. The molecule has 2 saturated heterocycles. The van der Waals surface area contributed by atoms with Crippen molar-refractivity contribution in [3.8, 4) is 0 Å². The van der Waals surface area contributed by atoms with Crippen LogP contribution in [0.4, 0.5) is 0 Å². The van der Waals surface area contributed by atoms with Gasteiger partial charge in [0.25, 0.3) is 0 Å². The Morgan fingerprint density at radius 3 is 2.40 bits per heavy atom. The smallest absolute Gasteiger partial charge is 0.227 e. The van der Waals surface area contributed by atoms with Gasteiger partial charge in [0.2, 0.25) is 11.8 Å². The lowest BCUT2D eigenvalue weighted by molar-refractivity contribution is -0.139. The Balaban J connectivity index is 1.42. The van der Waals surface area contributed by atoms with Crippen molar-refractivity contribution in [1.82, 2.24) is 9.80 Å². The van der Waals surface area contributed by atoms with E-state index in [0.29, 0.717) is 39.0 Å². The van der Waals surface area contributed by atoms with Gasteiger partial charge in [0.1, 0.15) is 0 Å². The quantitative estimate of drug-likeness (QED) is 0.822. The highest BCUT2D eigenvalue weighted by atomic mass is 16.5. The van der Waals surface area contributed by atoms with Crippen LogP contribution in [0.2, 0.25) is 0 Å². The zero-order valence-electron chi connectivity index (χ0n) is 15.1. The normalized spacial score (nSPS) is 20.8. The van der Waals surface area contributed by atoms with E-state index >= 15 is 0 Å². The zero-order chi connectivity index (χ0) is 17.6. The minimum Gasteiger partial charge on any atom is -0.378 e. The molecular weight excluding hydrogens is 316 g/mol. The summed E-state index contributed by atoms with van der Waals surface area (Å²) in [5.41, 5.74) is 2.24. The molecule has 0 spiro atoms. The van der Waals surface area contributed by atoms with Gasteiger partial charge < -0.3 is 14.5 Å². The Morgan fingerprint density at radius 1 is 1.08 bits per heavy atom. The molecule has 0 radical (unpaired) electrons. The van der Waals surface area contributed by atoms with Gasteiger partial charge in [-0.25, -0.2) is 0 Å². The molecule has 2 amide bonds. The van der Waals surface area contributed by atoms with Crippen LogP contribution in [0, 0.1) is 6.92 Å². The Kier molecular flexibility index (Phi) is 6.08. The van der Waals surface area contributed by atoms with Crippen molar-refractivity contribution in [2.75, 3.05) is 32.8 Å². The maximum Gasteiger partial charge on any atom is 0.227 e. The lowest BCUT2D eigenvalue weighted by Gasteiger charge is -2.35. The van der Waals surface area contributed by atoms with Crippen molar-refractivity contribution >= 4 is 11.8 Å². The standard InChI is InChI=1S/C20H28N2O3/c1-16-5-2-3-6-17(16)15-20(24)22-12-10-21(11-13-22)19(23)9-8-18-7-4-14-25-18/h2-3,5-6,18H,4,7-15H2,1H3/t18-/m1/s1. The van der Waals surface area contributed by atoms with Gasteiger partial charge in [-0.3, -0.25) is 9.59 Å². The molecule has 2 aliphatic heterocycles. The minimum atomic E-state index is 0.153. The first kappa shape index (κ1) is 17.9. The number of hydrogen-bond acceptors (Lipinski definition) is 3. The summed E-state index contributed by atoms with van der Waals surface area (Å²) >= 11 is 0. The summed E-state index contributed by atoms with van der Waals surface area (Å²) in [5, 5.41) is 0. The van der Waals surface area contributed by atoms with Gasteiger partial charge >= 0.3 is 0 Å². The molecule has 136 valence electrons. The molecule has 3 rings (SSSR count). The van der Waals surface area contributed by atoms with E-state index in [1.807, 2.05) is 41.0 Å². The van der Waals surface area contributed by atoms with E-state index in [9.17, 15) is 9.59 Å². The van der Waals surface area contributed by atoms with Gasteiger partial charge in [-0.15, -0.1) is 0 Å². The van der Waals surface area contributed by atoms with Crippen LogP contribution in [-0.4, -0.2) is 60.5 Å². The highest BCUT2D eigenvalue weighted by Crippen LogP contribution is 2.18. The van der Waals surface area contributed by atoms with E-state index in [-0.39, 0.29) is 17.9 Å². The fourth-order valence-electron chi connectivity index (χ4n) is 3.60. The minimum absolute atomic E-state index is 0.153. The molecule has 0 aromatic heterocycles. The molecule has 0 N–H and O–H groups in total. The topological polar surface area (TPSA) is 49.9 Å². The predicted octanol–water partition coefficient (Wildman–Crippen LogP) is 2.17. The predicted molar refractivity (Wildman–Crippen MR) is 96.3 cm³/mol. The van der Waals surface area contributed by atoms with Crippen molar-refractivity contribution < 1.29 is 14.3 Å². The maximum atomic E-state index is 12.5. The van der Waals surface area contributed by atoms with Crippen LogP contribution in [0.5, 0.6) is 0 Å². The molecule has 1 aromatic carbocycles. The van der Waals surface area contributed by atoms with Crippen LogP contribution in [0.1, 0.15) is 36.8 Å². The van der Waals surface area contributed by atoms with Gasteiger partial charge in [-0.05, 0) is 37.3 Å². The highest BCUT2D eigenvalue weighted by Gasteiger charge is 2.25. The van der Waals surface area contributed by atoms with Crippen LogP contribution in [0.25, 0.3) is 0 Å². The largest absolute Gasteiger partial charge is 0.378 e. The van der Waals surface area contributed by atoms with E-state index in [1.54, 1.807) is 0 Å². The van der Waals surface area contributed by atoms with Gasteiger partial charge in [-0.2, -0.15) is 0 Å². The number of aryl methyl sites for hydroxylation is 1. The molecule has 1 atom stereocenters. The fourth-order valence-corrected chi connectivity index (χ4v) is 3.60. The molecule has 0 aliphatic carbocycles. The number of ether oxygens (including phenoxy) is 1. The second kappa shape index (κ2) is 8.48. The number of carbonyl (C=O) groups is 2. The third-order valence-electron chi connectivity index (χ3n) is 5.29. The average Bonchev–Trinajstić information content (AvgIpc) is 3.15. The summed E-state index contributed by atoms with van der Waals surface area (Å²) in [6, 6.07) is 8.01. The van der Waals surface area contributed by atoms with E-state index in [2.05, 4.69) is 0 Å². The van der Waals surface area contributed by atoms with Crippen LogP contribution < -0.4 is 0 Å². The number of nitrogens with zero attached hydrogens (tertiary/aromatic N) is 2. The highest BCUT2D eigenvalue weighted by molar-refractivity contribution is 5.80. The van der Waals surface area contributed by atoms with Crippen LogP contribution >= 0.6 is 0 Å². The Labute approximate surface area is 149 Å². The van der Waals surface area contributed by atoms with E-state index in [4.69, 9.17) is 4.74 Å². The summed E-state index contributed by atoms with van der Waals surface area (Å²) in [7, 11) is 0. The molecule has 0 unspecified atom stereocenters. The van der Waals surface area contributed by atoms with Gasteiger partial charge in [0.15, 0.2) is 0 Å². The molecule has 25 heavy (non-hydrogen) atoms. The summed E-state index contributed by atoms with van der Waals surface area (Å²) in [5.74, 6) is 0.349. The van der Waals surface area contributed by atoms with Gasteiger partial charge in [0, 0.05) is 39.2 Å². The zero-order valence-corrected chi connectivity index (χ0v) is 15.1. The number of carbonyl (C=O) groups excluding carboxylic acids is 2. The molecule has 5 nitrogen and oxygen atoms in total. The summed E-state index contributed by atoms with van der Waals surface area (Å²) in [6.07, 6.45) is 4.28. The summed E-state index contributed by atoms with van der Waals surface area (Å²) in [4.78, 5) is 28.6. The second-order valence-electron chi connectivity index (χ2n) is 7.04. The SMILES string of the molecule is Cc1ccccc1CC(=O)N1CCN(C(=O)CC[C@H]2CCCO2)CC1. The number of hydrogen-bond donors (Lipinski definition) is 0. The summed E-state index contributed by atoms with van der Waals surface area (Å²) < 4.78 is 5.58. The molecule has 2 fully saturated rings. The molecule has 1 aromatic rings. The average molecular weight is 344 g/mol. The van der Waals surface area contributed by atoms with Crippen LogP contribution in [-0.2, 0) is 20.7 Å². The number of piperazine rings is 1. The fraction of sp³-hybridized carbons (Fsp3) is 0.600. The van der Waals surface area contributed by atoms with Crippen LogP contribution in [0.3, 0.4) is 0 Å². The van der Waals surface area contributed by atoms with E-state index in [0.717, 1.165) is 37.0 Å². The first-order chi connectivity index (χ1) is 12.1. The Hall–Kier alpha value is -1.88. The number of rotatable bonds is 5. The van der Waals surface area contributed by atoms with Gasteiger partial charge in [-0.1, -0.05) is 24.3 Å². The molecule has 2 heterocycles. The van der Waals surface area contributed by atoms with Crippen LogP contribution in [0.15, 0.2) is 24.3 Å². The monoisotopic (exact) mass is 344 g/mol. The molecule has 2 aliphatic rings. The van der Waals surface area contributed by atoms with E-state index < -0.39 is 0 Å². The second-order valence-corrected chi connectivity index (χ2v) is 7.04. The molecular formula is C20H28N2O3. The summed E-state index contributed by atoms with van der Waals surface area (Å²) in [6.45, 7) is 5.42. The lowest BCUT2D eigenvalue weighted by Crippen LogP contribution is -2.51. The third kappa shape index (κ3) is 4.82. The van der Waals surface area contributed by atoms with Crippen molar-refractivity contribution in [1.29, 1.82) is 0 Å². The Bertz CT molecular complexity index is 603.